The summed E-state index contributed by atoms with van der Waals surface area (Å²) in [6, 6.07) is 89.3. The molecule has 0 aromatic heterocycles. The lowest BCUT2D eigenvalue weighted by Crippen LogP contribution is -2.09. The number of benzene rings is 10. The zero-order chi connectivity index (χ0) is 51.3. The first-order chi connectivity index (χ1) is 36.9. The fraction of sp³-hybridized carbons (Fsp3) is 0.0725. The van der Waals surface area contributed by atoms with E-state index in [1.54, 1.807) is 28.4 Å². The van der Waals surface area contributed by atoms with Crippen LogP contribution in [-0.4, -0.2) is 28.4 Å². The standard InChI is InChI=1S/C69H58N2O4/c1-72-64-39-31-60(32-40-64)70(61-33-41-65(73-2)42-34-61)58-27-19-52(20-28-58)48-68(54-11-7-5-8-12-54)56-23-15-50(16-24-56)47-51-17-25-57(26-18-51)69(55-13-9-6-10-14-55)49-53-21-29-59(30-22-53)71(62-35-43-66(74-3)44-36-62)63-37-45-67(75-4)46-38-63/h5-46,48-49H,47H2,1-4H3/b68-48+,69-49+. The second kappa shape index (κ2) is 23.4. The Morgan fingerprint density at radius 2 is 0.520 bits per heavy atom. The highest BCUT2D eigenvalue weighted by Crippen LogP contribution is 2.39. The van der Waals surface area contributed by atoms with E-state index >= 15 is 0 Å². The smallest absolute Gasteiger partial charge is 0.119 e. The van der Waals surface area contributed by atoms with E-state index in [0.29, 0.717) is 0 Å². The quantitative estimate of drug-likeness (QED) is 0.0798. The maximum atomic E-state index is 5.47. The highest BCUT2D eigenvalue weighted by Gasteiger charge is 2.16. The molecule has 0 atom stereocenters. The van der Waals surface area contributed by atoms with Gasteiger partial charge in [0.1, 0.15) is 23.0 Å². The van der Waals surface area contributed by atoms with Gasteiger partial charge in [0, 0.05) is 34.1 Å². The van der Waals surface area contributed by atoms with Crippen LogP contribution in [0.2, 0.25) is 0 Å². The van der Waals surface area contributed by atoms with Crippen LogP contribution in [0.5, 0.6) is 23.0 Å². The molecule has 0 N–H and O–H groups in total. The van der Waals surface area contributed by atoms with Gasteiger partial charge in [-0.15, -0.1) is 0 Å². The van der Waals surface area contributed by atoms with Crippen molar-refractivity contribution >= 4 is 57.4 Å². The summed E-state index contributed by atoms with van der Waals surface area (Å²) < 4.78 is 21.9. The SMILES string of the molecule is COc1ccc(N(c2ccc(/C=C(\c3ccccc3)c3ccc(Cc4ccc(/C(=C/c5ccc(N(c6ccc(OC)cc6)c6ccc(OC)cc6)cc5)c5ccccc5)cc4)cc3)cc2)c2ccc(OC)cc2)cc1. The van der Waals surface area contributed by atoms with Crippen molar-refractivity contribution in [3.05, 3.63) is 299 Å². The minimum absolute atomic E-state index is 0.812. The normalized spacial score (nSPS) is 11.4. The molecule has 0 radical (unpaired) electrons. The van der Waals surface area contributed by atoms with E-state index < -0.39 is 0 Å². The maximum absolute atomic E-state index is 5.47. The third kappa shape index (κ3) is 11.7. The number of nitrogens with zero attached hydrogens (tertiary/aromatic N) is 2. The van der Waals surface area contributed by atoms with Crippen LogP contribution in [0.15, 0.2) is 255 Å². The van der Waals surface area contributed by atoms with Gasteiger partial charge in [-0.1, -0.05) is 133 Å². The van der Waals surface area contributed by atoms with Gasteiger partial charge in [-0.3, -0.25) is 0 Å². The van der Waals surface area contributed by atoms with Gasteiger partial charge in [0.05, 0.1) is 28.4 Å². The summed E-state index contributed by atoms with van der Waals surface area (Å²) in [7, 11) is 6.75. The van der Waals surface area contributed by atoms with E-state index in [-0.39, 0.29) is 0 Å². The topological polar surface area (TPSA) is 43.4 Å². The van der Waals surface area contributed by atoms with Crippen LogP contribution in [0.25, 0.3) is 23.3 Å². The fourth-order valence-electron chi connectivity index (χ4n) is 9.33. The summed E-state index contributed by atoms with van der Waals surface area (Å²) in [4.78, 5) is 4.47. The van der Waals surface area contributed by atoms with Gasteiger partial charge < -0.3 is 28.7 Å². The summed E-state index contributed by atoms with van der Waals surface area (Å²) in [5, 5.41) is 0. The van der Waals surface area contributed by atoms with Crippen molar-refractivity contribution in [1.82, 2.24) is 0 Å². The molecule has 10 aromatic carbocycles. The Morgan fingerprint density at radius 3 is 0.773 bits per heavy atom. The van der Waals surface area contributed by atoms with Crippen molar-refractivity contribution in [3.8, 4) is 23.0 Å². The molecule has 6 nitrogen and oxygen atoms in total. The first-order valence-electron chi connectivity index (χ1n) is 25.0. The van der Waals surface area contributed by atoms with Crippen LogP contribution in [0, 0.1) is 0 Å². The van der Waals surface area contributed by atoms with E-state index in [9.17, 15) is 0 Å². The van der Waals surface area contributed by atoms with Crippen molar-refractivity contribution in [3.63, 3.8) is 0 Å². The Morgan fingerprint density at radius 1 is 0.280 bits per heavy atom. The minimum Gasteiger partial charge on any atom is -0.497 e. The predicted octanol–water partition coefficient (Wildman–Crippen LogP) is 17.4. The number of anilines is 6. The fourth-order valence-corrected chi connectivity index (χ4v) is 9.33. The molecule has 0 fully saturated rings. The van der Waals surface area contributed by atoms with Crippen molar-refractivity contribution in [2.24, 2.45) is 0 Å². The summed E-state index contributed by atoms with van der Waals surface area (Å²) in [5.74, 6) is 3.25. The lowest BCUT2D eigenvalue weighted by Gasteiger charge is -2.26. The van der Waals surface area contributed by atoms with Crippen molar-refractivity contribution in [2.45, 2.75) is 6.42 Å². The van der Waals surface area contributed by atoms with Gasteiger partial charge in [0.2, 0.25) is 0 Å². The third-order valence-corrected chi connectivity index (χ3v) is 13.4. The molecule has 0 amide bonds. The Labute approximate surface area is 441 Å². The van der Waals surface area contributed by atoms with Crippen LogP contribution >= 0.6 is 0 Å². The largest absolute Gasteiger partial charge is 0.497 e. The molecule has 368 valence electrons. The minimum atomic E-state index is 0.812. The van der Waals surface area contributed by atoms with Crippen LogP contribution in [0.4, 0.5) is 34.1 Å². The van der Waals surface area contributed by atoms with Gasteiger partial charge in [0.25, 0.3) is 0 Å². The molecule has 10 aromatic rings. The molecule has 0 aliphatic carbocycles. The summed E-state index contributed by atoms with van der Waals surface area (Å²) in [5.41, 5.74) is 17.8. The predicted molar refractivity (Wildman–Crippen MR) is 311 cm³/mol. The first-order valence-corrected chi connectivity index (χ1v) is 25.0. The zero-order valence-electron chi connectivity index (χ0n) is 42.6. The number of methoxy groups -OCH3 is 4. The molecule has 0 saturated carbocycles. The number of hydrogen-bond donors (Lipinski definition) is 0. The molecule has 75 heavy (non-hydrogen) atoms. The molecule has 0 spiro atoms. The number of ether oxygens (including phenoxy) is 4. The van der Waals surface area contributed by atoms with E-state index in [0.717, 1.165) is 108 Å². The van der Waals surface area contributed by atoms with Crippen LogP contribution in [0.3, 0.4) is 0 Å². The molecular formula is C69H58N2O4. The molecule has 0 heterocycles. The van der Waals surface area contributed by atoms with Crippen LogP contribution < -0.4 is 28.7 Å². The summed E-state index contributed by atoms with van der Waals surface area (Å²) in [6.45, 7) is 0. The number of rotatable bonds is 18. The highest BCUT2D eigenvalue weighted by molar-refractivity contribution is 5.93. The second-order valence-electron chi connectivity index (χ2n) is 18.1. The number of hydrogen-bond acceptors (Lipinski definition) is 6. The monoisotopic (exact) mass is 978 g/mol. The van der Waals surface area contributed by atoms with E-state index in [4.69, 9.17) is 18.9 Å². The maximum Gasteiger partial charge on any atom is 0.119 e. The Hall–Kier alpha value is -9.52. The van der Waals surface area contributed by atoms with Gasteiger partial charge in [-0.25, -0.2) is 0 Å². The average Bonchev–Trinajstić information content (AvgIpc) is 3.48. The average molecular weight is 979 g/mol. The summed E-state index contributed by atoms with van der Waals surface area (Å²) in [6.07, 6.45) is 5.38. The Kier molecular flexibility index (Phi) is 15.3. The molecule has 10 rings (SSSR count). The molecule has 0 unspecified atom stereocenters. The van der Waals surface area contributed by atoms with Crippen molar-refractivity contribution < 1.29 is 18.9 Å². The first kappa shape index (κ1) is 49.1. The Balaban J connectivity index is 0.885. The van der Waals surface area contributed by atoms with Crippen molar-refractivity contribution in [2.75, 3.05) is 38.2 Å². The van der Waals surface area contributed by atoms with Gasteiger partial charge in [-0.05, 0) is 196 Å². The molecule has 6 heteroatoms. The molecular weight excluding hydrogens is 921 g/mol. The van der Waals surface area contributed by atoms with Gasteiger partial charge in [0.15, 0.2) is 0 Å². The van der Waals surface area contributed by atoms with E-state index in [1.165, 1.54) is 11.1 Å². The molecule has 0 aliphatic rings. The lowest BCUT2D eigenvalue weighted by molar-refractivity contribution is 0.414. The third-order valence-electron chi connectivity index (χ3n) is 13.4. The molecule has 0 bridgehead atoms. The van der Waals surface area contributed by atoms with Crippen LogP contribution in [-0.2, 0) is 6.42 Å². The highest BCUT2D eigenvalue weighted by atomic mass is 16.5. The zero-order valence-corrected chi connectivity index (χ0v) is 42.6. The lowest BCUT2D eigenvalue weighted by atomic mass is 9.93. The van der Waals surface area contributed by atoms with E-state index in [2.05, 4.69) is 228 Å². The van der Waals surface area contributed by atoms with E-state index in [1.807, 2.05) is 48.5 Å². The summed E-state index contributed by atoms with van der Waals surface area (Å²) >= 11 is 0. The molecule has 0 aliphatic heterocycles. The second-order valence-corrected chi connectivity index (χ2v) is 18.1. The van der Waals surface area contributed by atoms with Crippen LogP contribution in [0.1, 0.15) is 44.5 Å². The van der Waals surface area contributed by atoms with Gasteiger partial charge >= 0.3 is 0 Å². The molecule has 0 saturated heterocycles. The van der Waals surface area contributed by atoms with Gasteiger partial charge in [-0.2, -0.15) is 0 Å². The van der Waals surface area contributed by atoms with Crippen molar-refractivity contribution in [1.29, 1.82) is 0 Å². The Bertz CT molecular complexity index is 3130.